The Morgan fingerprint density at radius 2 is 1.83 bits per heavy atom. The van der Waals surface area contributed by atoms with Gasteiger partial charge in [-0.3, -0.25) is 10.1 Å². The van der Waals surface area contributed by atoms with Crippen LogP contribution in [-0.4, -0.2) is 25.6 Å². The van der Waals surface area contributed by atoms with Crippen LogP contribution in [-0.2, 0) is 16.9 Å². The van der Waals surface area contributed by atoms with Crippen LogP contribution in [0.2, 0.25) is 0 Å². The highest BCUT2D eigenvalue weighted by Crippen LogP contribution is 2.35. The fraction of sp³-hybridized carbons (Fsp3) is 0.350. The summed E-state index contributed by atoms with van der Waals surface area (Å²) in [4.78, 5) is 12.2. The van der Waals surface area contributed by atoms with Crippen molar-refractivity contribution in [2.24, 2.45) is 0 Å². The molecule has 3 rings (SSSR count). The van der Waals surface area contributed by atoms with Gasteiger partial charge in [0.2, 0.25) is 12.7 Å². The number of rotatable bonds is 7. The van der Waals surface area contributed by atoms with Crippen molar-refractivity contribution in [2.75, 3.05) is 13.3 Å². The van der Waals surface area contributed by atoms with Crippen LogP contribution in [0.15, 0.2) is 42.5 Å². The Labute approximate surface area is 166 Å². The third-order valence-electron chi connectivity index (χ3n) is 4.46. The topological polar surface area (TPSA) is 68.8 Å². The molecule has 0 saturated carbocycles. The van der Waals surface area contributed by atoms with Crippen LogP contribution >= 0.6 is 0 Å². The number of amides is 1. The van der Waals surface area contributed by atoms with Gasteiger partial charge in [0.15, 0.2) is 11.5 Å². The zero-order chi connectivity index (χ0) is 21.1. The molecule has 2 aromatic carbocycles. The predicted octanol–water partition coefficient (Wildman–Crippen LogP) is 3.46. The summed E-state index contributed by atoms with van der Waals surface area (Å²) in [7, 11) is 0. The van der Waals surface area contributed by atoms with Crippen LogP contribution in [0.4, 0.5) is 13.2 Å². The average Bonchev–Trinajstić information content (AvgIpc) is 3.12. The van der Waals surface area contributed by atoms with E-state index in [1.165, 1.54) is 18.2 Å². The van der Waals surface area contributed by atoms with Crippen LogP contribution in [0.5, 0.6) is 17.2 Å². The Balaban J connectivity index is 1.55. The fourth-order valence-electron chi connectivity index (χ4n) is 2.82. The molecule has 0 fully saturated rings. The summed E-state index contributed by atoms with van der Waals surface area (Å²) < 4.78 is 52.1. The molecule has 1 amide bonds. The van der Waals surface area contributed by atoms with Crippen molar-refractivity contribution < 1.29 is 32.2 Å². The van der Waals surface area contributed by atoms with Crippen LogP contribution < -0.4 is 24.8 Å². The molecular formula is C20H21F3N2O4. The highest BCUT2D eigenvalue weighted by atomic mass is 19.4. The third-order valence-corrected chi connectivity index (χ3v) is 4.46. The van der Waals surface area contributed by atoms with Crippen molar-refractivity contribution in [1.29, 1.82) is 0 Å². The number of para-hydroxylation sites is 1. The standard InChI is InChI=1S/C20H21F3N2O4/c1-19(2,14-7-8-16-17(9-14)28-12-27-16)25-11-18(26)24-10-13-5-3-4-6-15(13)29-20(21,22)23/h3-9,25H,10-12H2,1-2H3,(H,24,26). The van der Waals surface area contributed by atoms with Gasteiger partial charge in [-0.1, -0.05) is 24.3 Å². The van der Waals surface area contributed by atoms with E-state index in [2.05, 4.69) is 15.4 Å². The number of benzene rings is 2. The van der Waals surface area contributed by atoms with Crippen LogP contribution in [0.25, 0.3) is 0 Å². The number of hydrogen-bond donors (Lipinski definition) is 2. The van der Waals surface area contributed by atoms with Crippen LogP contribution in [0, 0.1) is 0 Å². The van der Waals surface area contributed by atoms with Gasteiger partial charge in [-0.05, 0) is 37.6 Å². The van der Waals surface area contributed by atoms with E-state index < -0.39 is 11.9 Å². The van der Waals surface area contributed by atoms with Crippen molar-refractivity contribution >= 4 is 5.91 Å². The molecule has 9 heteroatoms. The summed E-state index contributed by atoms with van der Waals surface area (Å²) in [5.74, 6) is 0.611. The lowest BCUT2D eigenvalue weighted by molar-refractivity contribution is -0.274. The van der Waals surface area contributed by atoms with E-state index in [0.29, 0.717) is 11.5 Å². The minimum atomic E-state index is -4.80. The van der Waals surface area contributed by atoms with E-state index in [9.17, 15) is 18.0 Å². The maximum Gasteiger partial charge on any atom is 0.573 e. The first-order valence-electron chi connectivity index (χ1n) is 8.89. The molecular weight excluding hydrogens is 389 g/mol. The van der Waals surface area contributed by atoms with Gasteiger partial charge < -0.3 is 19.5 Å². The van der Waals surface area contributed by atoms with Gasteiger partial charge in [-0.2, -0.15) is 0 Å². The van der Waals surface area contributed by atoms with Crippen molar-refractivity contribution in [1.82, 2.24) is 10.6 Å². The number of halogens is 3. The number of fused-ring (bicyclic) bond motifs is 1. The molecule has 0 spiro atoms. The van der Waals surface area contributed by atoms with Crippen molar-refractivity contribution in [3.05, 3.63) is 53.6 Å². The third kappa shape index (κ3) is 5.54. The minimum Gasteiger partial charge on any atom is -0.454 e. The summed E-state index contributed by atoms with van der Waals surface area (Å²) >= 11 is 0. The molecule has 0 aromatic heterocycles. The smallest absolute Gasteiger partial charge is 0.454 e. The summed E-state index contributed by atoms with van der Waals surface area (Å²) in [5.41, 5.74) is 0.585. The lowest BCUT2D eigenvalue weighted by atomic mass is 9.94. The quantitative estimate of drug-likeness (QED) is 0.732. The molecule has 1 aliphatic heterocycles. The second kappa shape index (κ2) is 8.20. The van der Waals surface area contributed by atoms with Gasteiger partial charge >= 0.3 is 6.36 Å². The Morgan fingerprint density at radius 1 is 1.10 bits per heavy atom. The Morgan fingerprint density at radius 3 is 2.59 bits per heavy atom. The molecule has 0 saturated heterocycles. The SMILES string of the molecule is CC(C)(NCC(=O)NCc1ccccc1OC(F)(F)F)c1ccc2c(c1)OCO2. The molecule has 29 heavy (non-hydrogen) atoms. The number of ether oxygens (including phenoxy) is 3. The van der Waals surface area contributed by atoms with Crippen LogP contribution in [0.3, 0.4) is 0 Å². The first kappa shape index (κ1) is 20.8. The lowest BCUT2D eigenvalue weighted by Gasteiger charge is -2.27. The summed E-state index contributed by atoms with van der Waals surface area (Å²) in [5, 5.41) is 5.73. The number of carbonyl (C=O) groups excluding carboxylic acids is 1. The first-order valence-corrected chi connectivity index (χ1v) is 8.89. The van der Waals surface area contributed by atoms with Gasteiger partial charge in [0.05, 0.1) is 6.54 Å². The van der Waals surface area contributed by atoms with Crippen molar-refractivity contribution in [3.63, 3.8) is 0 Å². The fourth-order valence-corrected chi connectivity index (χ4v) is 2.82. The maximum atomic E-state index is 12.5. The van der Waals surface area contributed by atoms with Crippen LogP contribution in [0.1, 0.15) is 25.0 Å². The molecule has 156 valence electrons. The second-order valence-corrected chi connectivity index (χ2v) is 6.98. The normalized spacial score (nSPS) is 13.3. The number of nitrogens with one attached hydrogen (secondary N) is 2. The van der Waals surface area contributed by atoms with Gasteiger partial charge in [0, 0.05) is 17.6 Å². The van der Waals surface area contributed by atoms with E-state index in [1.54, 1.807) is 12.1 Å². The largest absolute Gasteiger partial charge is 0.573 e. The van der Waals surface area contributed by atoms with Gasteiger partial charge in [0.25, 0.3) is 0 Å². The summed E-state index contributed by atoms with van der Waals surface area (Å²) in [6, 6.07) is 11.2. The number of carbonyl (C=O) groups is 1. The second-order valence-electron chi connectivity index (χ2n) is 6.98. The Bertz CT molecular complexity index is 884. The van der Waals surface area contributed by atoms with E-state index in [-0.39, 0.29) is 37.1 Å². The van der Waals surface area contributed by atoms with Crippen molar-refractivity contribution in [3.8, 4) is 17.2 Å². The summed E-state index contributed by atoms with van der Waals surface area (Å²) in [6.07, 6.45) is -4.80. The lowest BCUT2D eigenvalue weighted by Crippen LogP contribution is -2.43. The predicted molar refractivity (Wildman–Crippen MR) is 98.6 cm³/mol. The molecule has 0 aliphatic carbocycles. The van der Waals surface area contributed by atoms with E-state index >= 15 is 0 Å². The molecule has 2 N–H and O–H groups in total. The Hall–Kier alpha value is -2.94. The first-order chi connectivity index (χ1) is 13.6. The maximum absolute atomic E-state index is 12.5. The molecule has 1 aliphatic rings. The molecule has 0 radical (unpaired) electrons. The minimum absolute atomic E-state index is 0.0241. The van der Waals surface area contributed by atoms with E-state index in [4.69, 9.17) is 9.47 Å². The zero-order valence-electron chi connectivity index (χ0n) is 15.9. The van der Waals surface area contributed by atoms with Crippen molar-refractivity contribution in [2.45, 2.75) is 32.3 Å². The highest BCUT2D eigenvalue weighted by molar-refractivity contribution is 5.78. The Kier molecular flexibility index (Phi) is 5.88. The monoisotopic (exact) mass is 410 g/mol. The number of hydrogen-bond acceptors (Lipinski definition) is 5. The van der Waals surface area contributed by atoms with Gasteiger partial charge in [-0.15, -0.1) is 13.2 Å². The molecule has 0 unspecified atom stereocenters. The molecule has 6 nitrogen and oxygen atoms in total. The van der Waals surface area contributed by atoms with E-state index in [1.807, 2.05) is 26.0 Å². The molecule has 1 heterocycles. The molecule has 0 bridgehead atoms. The van der Waals surface area contributed by atoms with Gasteiger partial charge in [-0.25, -0.2) is 0 Å². The average molecular weight is 410 g/mol. The number of alkyl halides is 3. The van der Waals surface area contributed by atoms with Gasteiger partial charge in [0.1, 0.15) is 5.75 Å². The summed E-state index contributed by atoms with van der Waals surface area (Å²) in [6.45, 7) is 3.88. The molecule has 2 aromatic rings. The highest BCUT2D eigenvalue weighted by Gasteiger charge is 2.32. The zero-order valence-corrected chi connectivity index (χ0v) is 15.9. The molecule has 0 atom stereocenters. The van der Waals surface area contributed by atoms with E-state index in [0.717, 1.165) is 5.56 Å².